The summed E-state index contributed by atoms with van der Waals surface area (Å²) in [5.74, 6) is -0.322. The van der Waals surface area contributed by atoms with Crippen LogP contribution < -0.4 is 21.5 Å². The molecule has 0 spiro atoms. The molecule has 2 atom stereocenters. The van der Waals surface area contributed by atoms with Crippen molar-refractivity contribution >= 4 is 34.1 Å². The van der Waals surface area contributed by atoms with Gasteiger partial charge in [0.05, 0.1) is 5.69 Å². The van der Waals surface area contributed by atoms with Crippen LogP contribution in [0, 0.1) is 20.8 Å². The van der Waals surface area contributed by atoms with Crippen molar-refractivity contribution in [2.24, 2.45) is 0 Å². The van der Waals surface area contributed by atoms with Crippen LogP contribution in [0.5, 0.6) is 0 Å². The smallest absolute Gasteiger partial charge is 0.330 e. The lowest BCUT2D eigenvalue weighted by molar-refractivity contribution is -0.138. The molecule has 5 N–H and O–H groups in total. The van der Waals surface area contributed by atoms with E-state index in [2.05, 4.69) is 26.1 Å². The Kier molecular flexibility index (Phi) is 9.76. The molecule has 5 aromatic rings. The van der Waals surface area contributed by atoms with E-state index in [4.69, 9.17) is 4.52 Å². The SMILES string of the molecule is CNCc1cc(NC(=O)N(C)C[C@H](C)c2ccc(C(Nc3ccc4cc[nH]c(=O)c4c3)C(=O)O)cc2C)ccc1-c1c(C)noc1C. The van der Waals surface area contributed by atoms with Gasteiger partial charge in [-0.05, 0) is 97.3 Å². The van der Waals surface area contributed by atoms with Gasteiger partial charge in [-0.3, -0.25) is 4.79 Å². The number of carbonyl (C=O) groups excluding carboxylic acids is 1. The first-order chi connectivity index (χ1) is 22.5. The maximum atomic E-state index is 13.2. The summed E-state index contributed by atoms with van der Waals surface area (Å²) in [6.07, 6.45) is 1.58. The molecular formula is C36H40N6O5. The Bertz CT molecular complexity index is 1980. The predicted molar refractivity (Wildman–Crippen MR) is 184 cm³/mol. The highest BCUT2D eigenvalue weighted by Crippen LogP contribution is 2.32. The van der Waals surface area contributed by atoms with E-state index in [0.717, 1.165) is 44.7 Å². The van der Waals surface area contributed by atoms with Gasteiger partial charge in [-0.2, -0.15) is 0 Å². The minimum atomic E-state index is -1.04. The average molecular weight is 637 g/mol. The van der Waals surface area contributed by atoms with Gasteiger partial charge in [0.1, 0.15) is 5.76 Å². The molecule has 0 aliphatic heterocycles. The van der Waals surface area contributed by atoms with Crippen LogP contribution >= 0.6 is 0 Å². The molecule has 47 heavy (non-hydrogen) atoms. The van der Waals surface area contributed by atoms with Crippen molar-refractivity contribution in [3.63, 3.8) is 0 Å². The fourth-order valence-electron chi connectivity index (χ4n) is 6.09. The van der Waals surface area contributed by atoms with Crippen LogP contribution in [0.15, 0.2) is 76.2 Å². The normalized spacial score (nSPS) is 12.5. The number of aromatic amines is 1. The Hall–Kier alpha value is -5.42. The summed E-state index contributed by atoms with van der Waals surface area (Å²) in [4.78, 5) is 42.1. The number of hydrogen-bond donors (Lipinski definition) is 5. The van der Waals surface area contributed by atoms with Gasteiger partial charge in [0, 0.05) is 48.7 Å². The number of fused-ring (bicyclic) bond motifs is 1. The Morgan fingerprint density at radius 2 is 1.79 bits per heavy atom. The van der Waals surface area contributed by atoms with E-state index >= 15 is 0 Å². The number of nitrogens with one attached hydrogen (secondary N) is 4. The summed E-state index contributed by atoms with van der Waals surface area (Å²) in [6, 6.07) is 17.1. The molecule has 5 rings (SSSR count). The van der Waals surface area contributed by atoms with Crippen LogP contribution in [0.4, 0.5) is 16.2 Å². The van der Waals surface area contributed by atoms with E-state index in [1.807, 2.05) is 65.1 Å². The molecule has 244 valence electrons. The van der Waals surface area contributed by atoms with E-state index in [9.17, 15) is 19.5 Å². The van der Waals surface area contributed by atoms with Gasteiger partial charge in [0.2, 0.25) is 0 Å². The molecule has 0 bridgehead atoms. The first kappa shape index (κ1) is 33.0. The molecule has 0 aliphatic carbocycles. The summed E-state index contributed by atoms with van der Waals surface area (Å²) in [7, 11) is 3.62. The third-order valence-electron chi connectivity index (χ3n) is 8.41. The van der Waals surface area contributed by atoms with E-state index in [0.29, 0.717) is 35.4 Å². The number of nitrogens with zero attached hydrogens (tertiary/aromatic N) is 2. The second kappa shape index (κ2) is 13.9. The van der Waals surface area contributed by atoms with Crippen molar-refractivity contribution in [3.8, 4) is 11.1 Å². The number of carboxylic acids is 1. The topological polar surface area (TPSA) is 153 Å². The quantitative estimate of drug-likeness (QED) is 0.113. The molecule has 2 aromatic heterocycles. The minimum absolute atomic E-state index is 0.0231. The van der Waals surface area contributed by atoms with Crippen molar-refractivity contribution in [1.29, 1.82) is 0 Å². The number of H-pyrrole nitrogens is 1. The number of rotatable bonds is 11. The van der Waals surface area contributed by atoms with Gasteiger partial charge < -0.3 is 35.5 Å². The molecular weight excluding hydrogens is 596 g/mol. The summed E-state index contributed by atoms with van der Waals surface area (Å²) in [5.41, 5.74) is 7.25. The van der Waals surface area contributed by atoms with Crippen LogP contribution in [0.25, 0.3) is 21.9 Å². The molecule has 2 amide bonds. The van der Waals surface area contributed by atoms with Crippen LogP contribution in [-0.4, -0.2) is 52.8 Å². The van der Waals surface area contributed by atoms with Gasteiger partial charge in [0.25, 0.3) is 5.56 Å². The third-order valence-corrected chi connectivity index (χ3v) is 8.41. The van der Waals surface area contributed by atoms with Crippen molar-refractivity contribution in [3.05, 3.63) is 111 Å². The summed E-state index contributed by atoms with van der Waals surface area (Å²) in [5, 5.41) is 24.7. The maximum Gasteiger partial charge on any atom is 0.330 e. The number of carboxylic acid groups (broad SMARTS) is 1. The predicted octanol–water partition coefficient (Wildman–Crippen LogP) is 6.33. The van der Waals surface area contributed by atoms with Crippen molar-refractivity contribution < 1.29 is 19.2 Å². The highest BCUT2D eigenvalue weighted by molar-refractivity contribution is 5.90. The Morgan fingerprint density at radius 1 is 1.02 bits per heavy atom. The van der Waals surface area contributed by atoms with Crippen molar-refractivity contribution in [2.45, 2.75) is 46.2 Å². The molecule has 0 radical (unpaired) electrons. The van der Waals surface area contributed by atoms with Crippen LogP contribution in [0.1, 0.15) is 52.6 Å². The number of aliphatic carboxylic acids is 1. The van der Waals surface area contributed by atoms with Gasteiger partial charge >= 0.3 is 12.0 Å². The lowest BCUT2D eigenvalue weighted by atomic mass is 9.92. The van der Waals surface area contributed by atoms with Crippen LogP contribution in [0.2, 0.25) is 0 Å². The second-order valence-corrected chi connectivity index (χ2v) is 12.0. The van der Waals surface area contributed by atoms with Gasteiger partial charge in [-0.15, -0.1) is 0 Å². The van der Waals surface area contributed by atoms with E-state index in [1.54, 1.807) is 48.5 Å². The van der Waals surface area contributed by atoms with E-state index in [-0.39, 0.29) is 17.5 Å². The first-order valence-corrected chi connectivity index (χ1v) is 15.4. The maximum absolute atomic E-state index is 13.2. The Morgan fingerprint density at radius 3 is 2.47 bits per heavy atom. The highest BCUT2D eigenvalue weighted by atomic mass is 16.5. The first-order valence-electron chi connectivity index (χ1n) is 15.4. The number of aryl methyl sites for hydroxylation is 3. The number of benzene rings is 3. The Balaban J connectivity index is 1.27. The number of carbonyl (C=O) groups is 2. The number of amides is 2. The molecule has 0 saturated carbocycles. The zero-order valence-electron chi connectivity index (χ0n) is 27.4. The van der Waals surface area contributed by atoms with Gasteiger partial charge in [-0.1, -0.05) is 42.4 Å². The van der Waals surface area contributed by atoms with Crippen molar-refractivity contribution in [1.82, 2.24) is 20.4 Å². The fraction of sp³-hybridized carbons (Fsp3) is 0.278. The number of anilines is 2. The van der Waals surface area contributed by atoms with Crippen molar-refractivity contribution in [2.75, 3.05) is 31.3 Å². The van der Waals surface area contributed by atoms with Gasteiger partial charge in [0.15, 0.2) is 6.04 Å². The zero-order chi connectivity index (χ0) is 33.8. The average Bonchev–Trinajstić information content (AvgIpc) is 3.37. The minimum Gasteiger partial charge on any atom is -0.479 e. The molecule has 11 heteroatoms. The molecule has 1 unspecified atom stereocenters. The lowest BCUT2D eigenvalue weighted by Crippen LogP contribution is -2.34. The number of hydrogen-bond acceptors (Lipinski definition) is 7. The molecule has 2 heterocycles. The third kappa shape index (κ3) is 7.20. The Labute approximate surface area is 273 Å². The second-order valence-electron chi connectivity index (χ2n) is 12.0. The lowest BCUT2D eigenvalue weighted by Gasteiger charge is -2.24. The van der Waals surface area contributed by atoms with Gasteiger partial charge in [-0.25, -0.2) is 9.59 Å². The standard InChI is InChI=1S/C36H40N6O5/c1-20-15-25(33(35(44)45)39-28-9-7-24-13-14-38-34(43)31(24)17-28)8-11-29(20)21(2)19-42(6)36(46)40-27-10-12-30(26(16-27)18-37-5)32-22(3)41-47-23(32)4/h7-17,21,33,37,39H,18-19H2,1-6H3,(H,38,43)(H,40,46)(H,44,45)/t21-,33?/m0/s1. The fourth-order valence-corrected chi connectivity index (χ4v) is 6.09. The van der Waals surface area contributed by atoms with E-state index < -0.39 is 12.0 Å². The molecule has 0 aliphatic rings. The molecule has 0 saturated heterocycles. The summed E-state index contributed by atoms with van der Waals surface area (Å²) < 4.78 is 5.37. The number of urea groups is 1. The summed E-state index contributed by atoms with van der Waals surface area (Å²) >= 11 is 0. The molecule has 3 aromatic carbocycles. The van der Waals surface area contributed by atoms with Crippen LogP contribution in [-0.2, 0) is 11.3 Å². The molecule has 0 fully saturated rings. The zero-order valence-corrected chi connectivity index (χ0v) is 27.4. The van der Waals surface area contributed by atoms with Crippen LogP contribution in [0.3, 0.4) is 0 Å². The monoisotopic (exact) mass is 636 g/mol. The summed E-state index contributed by atoms with van der Waals surface area (Å²) in [6.45, 7) is 8.82. The number of aromatic nitrogens is 2. The molecule has 11 nitrogen and oxygen atoms in total. The number of pyridine rings is 1. The largest absolute Gasteiger partial charge is 0.479 e. The van der Waals surface area contributed by atoms with E-state index in [1.165, 1.54) is 0 Å². The highest BCUT2D eigenvalue weighted by Gasteiger charge is 2.23. The number of likely N-dealkylation sites (N-methyl/N-ethyl adjacent to an activating group) is 1.